The van der Waals surface area contributed by atoms with E-state index in [1.807, 2.05) is 6.20 Å². The minimum absolute atomic E-state index is 0.196. The molecule has 3 aromatic rings. The number of rotatable bonds is 5. The van der Waals surface area contributed by atoms with Gasteiger partial charge in [-0.1, -0.05) is 60.7 Å². The van der Waals surface area contributed by atoms with Gasteiger partial charge in [0.2, 0.25) is 0 Å². The molecule has 2 aromatic carbocycles. The Bertz CT molecular complexity index is 776. The molecule has 1 aromatic heterocycles. The third-order valence-corrected chi connectivity index (χ3v) is 4.82. The van der Waals surface area contributed by atoms with Crippen molar-refractivity contribution in [1.82, 2.24) is 19.8 Å². The normalized spacial score (nSPS) is 16.6. The summed E-state index contributed by atoms with van der Waals surface area (Å²) in [5, 5.41) is 3.45. The molecule has 0 bridgehead atoms. The summed E-state index contributed by atoms with van der Waals surface area (Å²) in [5.41, 5.74) is 2.61. The van der Waals surface area contributed by atoms with Crippen molar-refractivity contribution in [2.24, 2.45) is 0 Å². The molecule has 1 saturated heterocycles. The molecule has 0 amide bonds. The maximum absolute atomic E-state index is 4.77. The third-order valence-electron chi connectivity index (χ3n) is 4.82. The van der Waals surface area contributed by atoms with E-state index in [0.29, 0.717) is 0 Å². The fourth-order valence-corrected chi connectivity index (χ4v) is 3.58. The predicted octanol–water partition coefficient (Wildman–Crippen LogP) is 2.93. The van der Waals surface area contributed by atoms with Crippen LogP contribution in [0.1, 0.15) is 23.0 Å². The average Bonchev–Trinajstić information content (AvgIpc) is 3.12. The second-order valence-corrected chi connectivity index (χ2v) is 6.50. The molecular formula is C21H24N4. The van der Waals surface area contributed by atoms with Gasteiger partial charge in [0.1, 0.15) is 5.82 Å². The van der Waals surface area contributed by atoms with Crippen LogP contribution >= 0.6 is 0 Å². The molecule has 1 atom stereocenters. The molecule has 1 unspecified atom stereocenters. The minimum Gasteiger partial charge on any atom is -0.329 e. The monoisotopic (exact) mass is 332 g/mol. The summed E-state index contributed by atoms with van der Waals surface area (Å²) in [6, 6.07) is 21.5. The van der Waals surface area contributed by atoms with Crippen LogP contribution in [0, 0.1) is 0 Å². The van der Waals surface area contributed by atoms with Gasteiger partial charge in [0.15, 0.2) is 0 Å². The molecule has 25 heavy (non-hydrogen) atoms. The topological polar surface area (TPSA) is 33.1 Å². The Kier molecular flexibility index (Phi) is 4.91. The molecule has 1 aliphatic rings. The predicted molar refractivity (Wildman–Crippen MR) is 100 cm³/mol. The summed E-state index contributed by atoms with van der Waals surface area (Å²) < 4.78 is 2.29. The fourth-order valence-electron chi connectivity index (χ4n) is 3.58. The number of hydrogen-bond acceptors (Lipinski definition) is 3. The van der Waals surface area contributed by atoms with Crippen LogP contribution < -0.4 is 5.32 Å². The fraction of sp³-hybridized carbons (Fsp3) is 0.286. The van der Waals surface area contributed by atoms with E-state index in [4.69, 9.17) is 4.98 Å². The van der Waals surface area contributed by atoms with Crippen LogP contribution in [0.5, 0.6) is 0 Å². The quantitative estimate of drug-likeness (QED) is 0.780. The molecule has 2 heterocycles. The van der Waals surface area contributed by atoms with E-state index in [1.165, 1.54) is 11.1 Å². The van der Waals surface area contributed by atoms with E-state index in [9.17, 15) is 0 Å². The van der Waals surface area contributed by atoms with Gasteiger partial charge in [0.05, 0.1) is 6.04 Å². The second-order valence-electron chi connectivity index (χ2n) is 6.50. The highest BCUT2D eigenvalue weighted by atomic mass is 15.2. The van der Waals surface area contributed by atoms with E-state index < -0.39 is 0 Å². The number of piperazine rings is 1. The molecule has 0 saturated carbocycles. The largest absolute Gasteiger partial charge is 0.329 e. The van der Waals surface area contributed by atoms with E-state index in [0.717, 1.165) is 38.5 Å². The van der Waals surface area contributed by atoms with E-state index in [2.05, 4.69) is 81.6 Å². The Morgan fingerprint density at radius 2 is 1.60 bits per heavy atom. The van der Waals surface area contributed by atoms with Crippen LogP contribution in [-0.4, -0.2) is 40.6 Å². The van der Waals surface area contributed by atoms with Crippen LogP contribution in [0.4, 0.5) is 0 Å². The van der Waals surface area contributed by atoms with Gasteiger partial charge >= 0.3 is 0 Å². The number of nitrogens with zero attached hydrogens (tertiary/aromatic N) is 3. The van der Waals surface area contributed by atoms with Crippen molar-refractivity contribution in [1.29, 1.82) is 0 Å². The van der Waals surface area contributed by atoms with Gasteiger partial charge in [-0.25, -0.2) is 4.98 Å². The van der Waals surface area contributed by atoms with E-state index in [-0.39, 0.29) is 6.04 Å². The lowest BCUT2D eigenvalue weighted by Crippen LogP contribution is -2.46. The molecule has 0 radical (unpaired) electrons. The van der Waals surface area contributed by atoms with Gasteiger partial charge in [0.25, 0.3) is 0 Å². The van der Waals surface area contributed by atoms with Crippen molar-refractivity contribution < 1.29 is 0 Å². The van der Waals surface area contributed by atoms with Gasteiger partial charge in [-0.15, -0.1) is 0 Å². The Morgan fingerprint density at radius 1 is 0.920 bits per heavy atom. The first-order valence-electron chi connectivity index (χ1n) is 8.96. The van der Waals surface area contributed by atoms with Crippen LogP contribution in [0.15, 0.2) is 73.1 Å². The maximum atomic E-state index is 4.77. The number of nitrogens with one attached hydrogen (secondary N) is 1. The summed E-state index contributed by atoms with van der Waals surface area (Å²) in [5.74, 6) is 1.12. The Morgan fingerprint density at radius 3 is 2.32 bits per heavy atom. The summed E-state index contributed by atoms with van der Waals surface area (Å²) in [4.78, 5) is 7.30. The maximum Gasteiger partial charge on any atom is 0.130 e. The van der Waals surface area contributed by atoms with Gasteiger partial charge in [-0.3, -0.25) is 4.90 Å². The minimum atomic E-state index is 0.196. The third kappa shape index (κ3) is 3.65. The van der Waals surface area contributed by atoms with Crippen LogP contribution in [0.2, 0.25) is 0 Å². The van der Waals surface area contributed by atoms with Crippen LogP contribution in [0.25, 0.3) is 0 Å². The van der Waals surface area contributed by atoms with Crippen molar-refractivity contribution in [2.75, 3.05) is 26.2 Å². The zero-order valence-corrected chi connectivity index (χ0v) is 14.4. The Balaban J connectivity index is 1.69. The standard InChI is InChI=1S/C21H24N4/c1-3-7-18(8-4-1)17-25-16-13-23-21(25)20(19-9-5-2-6-10-19)24-14-11-22-12-15-24/h1-10,13,16,20,22H,11-12,14-15,17H2. The zero-order valence-electron chi connectivity index (χ0n) is 14.4. The van der Waals surface area contributed by atoms with Crippen molar-refractivity contribution in [3.63, 3.8) is 0 Å². The molecule has 4 heteroatoms. The molecule has 1 aliphatic heterocycles. The molecular weight excluding hydrogens is 308 g/mol. The molecule has 0 aliphatic carbocycles. The highest BCUT2D eigenvalue weighted by Gasteiger charge is 2.27. The van der Waals surface area contributed by atoms with Gasteiger partial charge in [0, 0.05) is 45.1 Å². The molecule has 128 valence electrons. The highest BCUT2D eigenvalue weighted by molar-refractivity contribution is 5.26. The lowest BCUT2D eigenvalue weighted by molar-refractivity contribution is 0.189. The van der Waals surface area contributed by atoms with Crippen molar-refractivity contribution in [3.8, 4) is 0 Å². The number of benzene rings is 2. The van der Waals surface area contributed by atoms with Crippen molar-refractivity contribution >= 4 is 0 Å². The molecule has 1 fully saturated rings. The summed E-state index contributed by atoms with van der Waals surface area (Å²) in [7, 11) is 0. The van der Waals surface area contributed by atoms with Crippen molar-refractivity contribution in [3.05, 3.63) is 90.0 Å². The molecule has 1 N–H and O–H groups in total. The number of imidazole rings is 1. The second kappa shape index (κ2) is 7.64. The summed E-state index contributed by atoms with van der Waals surface area (Å²) in [6.45, 7) is 4.99. The average molecular weight is 332 g/mol. The number of aromatic nitrogens is 2. The molecule has 4 nitrogen and oxygen atoms in total. The first kappa shape index (κ1) is 16.1. The first-order chi connectivity index (χ1) is 12.4. The highest BCUT2D eigenvalue weighted by Crippen LogP contribution is 2.28. The van der Waals surface area contributed by atoms with Crippen LogP contribution in [0.3, 0.4) is 0 Å². The van der Waals surface area contributed by atoms with E-state index in [1.54, 1.807) is 0 Å². The molecule has 0 spiro atoms. The van der Waals surface area contributed by atoms with Crippen LogP contribution in [-0.2, 0) is 6.54 Å². The summed E-state index contributed by atoms with van der Waals surface area (Å²) >= 11 is 0. The Hall–Kier alpha value is -2.43. The summed E-state index contributed by atoms with van der Waals surface area (Å²) in [6.07, 6.45) is 4.02. The lowest BCUT2D eigenvalue weighted by Gasteiger charge is -2.35. The lowest BCUT2D eigenvalue weighted by atomic mass is 10.0. The van der Waals surface area contributed by atoms with Gasteiger partial charge < -0.3 is 9.88 Å². The Labute approximate surface area is 149 Å². The zero-order chi connectivity index (χ0) is 16.9. The van der Waals surface area contributed by atoms with Gasteiger partial charge in [-0.05, 0) is 11.1 Å². The van der Waals surface area contributed by atoms with E-state index >= 15 is 0 Å². The first-order valence-corrected chi connectivity index (χ1v) is 8.96. The number of hydrogen-bond donors (Lipinski definition) is 1. The SMILES string of the molecule is c1ccc(Cn2ccnc2C(c2ccccc2)N2CCNCC2)cc1. The molecule has 4 rings (SSSR count). The van der Waals surface area contributed by atoms with Crippen molar-refractivity contribution in [2.45, 2.75) is 12.6 Å². The smallest absolute Gasteiger partial charge is 0.130 e. The van der Waals surface area contributed by atoms with Gasteiger partial charge in [-0.2, -0.15) is 0 Å².